The topological polar surface area (TPSA) is 17.1 Å². The predicted octanol–water partition coefficient (Wildman–Crippen LogP) is 4.35. The molecular weight excluding hydrogens is 244 g/mol. The predicted molar refractivity (Wildman–Crippen MR) is 80.9 cm³/mol. The van der Waals surface area contributed by atoms with Crippen molar-refractivity contribution in [3.8, 4) is 0 Å². The van der Waals surface area contributed by atoms with E-state index in [2.05, 4.69) is 31.2 Å². The molecule has 1 fully saturated rings. The van der Waals surface area contributed by atoms with Crippen LogP contribution in [0.1, 0.15) is 54.1 Å². The molecule has 1 nitrogen and oxygen atoms in total. The van der Waals surface area contributed by atoms with Crippen LogP contribution >= 0.6 is 0 Å². The van der Waals surface area contributed by atoms with Gasteiger partial charge in [0.2, 0.25) is 0 Å². The van der Waals surface area contributed by atoms with Gasteiger partial charge >= 0.3 is 0 Å². The Balaban J connectivity index is 1.78. The van der Waals surface area contributed by atoms with Gasteiger partial charge in [-0.05, 0) is 54.1 Å². The molecule has 104 valence electrons. The van der Waals surface area contributed by atoms with Gasteiger partial charge in [0, 0.05) is 12.0 Å². The first kappa shape index (κ1) is 12.4. The molecule has 0 aromatic heterocycles. The van der Waals surface area contributed by atoms with Gasteiger partial charge < -0.3 is 0 Å². The van der Waals surface area contributed by atoms with Gasteiger partial charge in [0.25, 0.3) is 0 Å². The highest BCUT2D eigenvalue weighted by atomic mass is 16.1. The van der Waals surface area contributed by atoms with Crippen LogP contribution < -0.4 is 0 Å². The number of fused-ring (bicyclic) bond motifs is 4. The van der Waals surface area contributed by atoms with E-state index in [1.165, 1.54) is 24.0 Å². The van der Waals surface area contributed by atoms with Crippen LogP contribution in [0.2, 0.25) is 0 Å². The summed E-state index contributed by atoms with van der Waals surface area (Å²) in [5.41, 5.74) is 4.08. The van der Waals surface area contributed by atoms with Crippen molar-refractivity contribution in [3.63, 3.8) is 0 Å². The summed E-state index contributed by atoms with van der Waals surface area (Å²) in [5.74, 6) is 1.79. The number of aryl methyl sites for hydroxylation is 1. The van der Waals surface area contributed by atoms with Crippen LogP contribution in [-0.4, -0.2) is 5.78 Å². The minimum atomic E-state index is 0.257. The lowest BCUT2D eigenvalue weighted by molar-refractivity contribution is 0.0847. The van der Waals surface area contributed by atoms with Gasteiger partial charge in [-0.3, -0.25) is 4.79 Å². The molecule has 0 radical (unpaired) electrons. The summed E-state index contributed by atoms with van der Waals surface area (Å²) in [5, 5.41) is 0. The maximum Gasteiger partial charge on any atom is 0.163 e. The third-order valence-electron chi connectivity index (χ3n) is 5.76. The molecule has 3 aliphatic rings. The summed E-state index contributed by atoms with van der Waals surface area (Å²) in [4.78, 5) is 12.7. The highest BCUT2D eigenvalue weighted by Crippen LogP contribution is 2.58. The fourth-order valence-electron chi connectivity index (χ4n) is 4.90. The summed E-state index contributed by atoms with van der Waals surface area (Å²) in [6, 6.07) is 6.35. The molecule has 4 rings (SSSR count). The van der Waals surface area contributed by atoms with Gasteiger partial charge in [0.1, 0.15) is 0 Å². The van der Waals surface area contributed by atoms with E-state index in [0.717, 1.165) is 37.2 Å². The van der Waals surface area contributed by atoms with Crippen molar-refractivity contribution in [2.24, 2.45) is 17.3 Å². The van der Waals surface area contributed by atoms with Crippen LogP contribution in [0.5, 0.6) is 0 Å². The number of hydrogen-bond acceptors (Lipinski definition) is 1. The molecule has 0 saturated heterocycles. The zero-order valence-electron chi connectivity index (χ0n) is 12.2. The van der Waals surface area contributed by atoms with Crippen molar-refractivity contribution in [2.75, 3.05) is 0 Å². The molecule has 1 spiro atoms. The Morgan fingerprint density at radius 3 is 2.85 bits per heavy atom. The van der Waals surface area contributed by atoms with E-state index in [-0.39, 0.29) is 5.41 Å². The largest absolute Gasteiger partial charge is 0.294 e. The van der Waals surface area contributed by atoms with E-state index in [0.29, 0.717) is 11.7 Å². The van der Waals surface area contributed by atoms with Crippen molar-refractivity contribution < 1.29 is 4.79 Å². The van der Waals surface area contributed by atoms with Gasteiger partial charge in [0.05, 0.1) is 0 Å². The third-order valence-corrected chi connectivity index (χ3v) is 5.76. The summed E-state index contributed by atoms with van der Waals surface area (Å²) >= 11 is 0. The molecule has 0 N–H and O–H groups in total. The highest BCUT2D eigenvalue weighted by molar-refractivity contribution is 5.99. The number of benzene rings is 1. The number of hydrogen-bond donors (Lipinski definition) is 0. The van der Waals surface area contributed by atoms with Crippen LogP contribution in [0, 0.1) is 17.3 Å². The standard InChI is InChI=1S/C19H22O/c1-2-4-14-5-3-6-16-17(14)11-19(12-18(16)20)10-13-7-8-15(19)9-13/h3,5-8,13,15H,2,4,9-12H2,1H3. The molecule has 0 aliphatic heterocycles. The number of carbonyl (C=O) groups excluding carboxylic acids is 1. The molecule has 1 heteroatoms. The van der Waals surface area contributed by atoms with Crippen molar-refractivity contribution in [3.05, 3.63) is 47.0 Å². The average molecular weight is 266 g/mol. The Bertz CT molecular complexity index is 598. The first-order valence-electron chi connectivity index (χ1n) is 8.04. The summed E-state index contributed by atoms with van der Waals surface area (Å²) in [6.07, 6.45) is 11.5. The lowest BCUT2D eigenvalue weighted by Gasteiger charge is -2.40. The lowest BCUT2D eigenvalue weighted by atomic mass is 9.63. The summed E-state index contributed by atoms with van der Waals surface area (Å²) in [7, 11) is 0. The SMILES string of the molecule is CCCc1cccc2c1CC1(CC2=O)CC2C=CC1C2. The minimum absolute atomic E-state index is 0.257. The Labute approximate surface area is 121 Å². The fraction of sp³-hybridized carbons (Fsp3) is 0.526. The number of allylic oxidation sites excluding steroid dienone is 2. The van der Waals surface area contributed by atoms with E-state index in [1.54, 1.807) is 0 Å². The quantitative estimate of drug-likeness (QED) is 0.727. The lowest BCUT2D eigenvalue weighted by Crippen LogP contribution is -2.36. The third kappa shape index (κ3) is 1.65. The Morgan fingerprint density at radius 2 is 2.15 bits per heavy atom. The van der Waals surface area contributed by atoms with Crippen LogP contribution in [0.4, 0.5) is 0 Å². The second-order valence-electron chi connectivity index (χ2n) is 7.02. The molecule has 0 heterocycles. The van der Waals surface area contributed by atoms with Crippen molar-refractivity contribution in [2.45, 2.75) is 45.4 Å². The maximum absolute atomic E-state index is 12.7. The Kier molecular flexibility index (Phi) is 2.67. The van der Waals surface area contributed by atoms with Gasteiger partial charge in [-0.2, -0.15) is 0 Å². The Morgan fingerprint density at radius 1 is 1.25 bits per heavy atom. The molecule has 3 atom stereocenters. The molecule has 20 heavy (non-hydrogen) atoms. The van der Waals surface area contributed by atoms with Crippen molar-refractivity contribution in [1.29, 1.82) is 0 Å². The first-order chi connectivity index (χ1) is 9.72. The van der Waals surface area contributed by atoms with Gasteiger partial charge in [-0.15, -0.1) is 0 Å². The second kappa shape index (κ2) is 4.31. The van der Waals surface area contributed by atoms with Gasteiger partial charge in [0.15, 0.2) is 5.78 Å². The van der Waals surface area contributed by atoms with Gasteiger partial charge in [-0.1, -0.05) is 43.7 Å². The summed E-state index contributed by atoms with van der Waals surface area (Å²) in [6.45, 7) is 2.22. The molecule has 1 aromatic carbocycles. The second-order valence-corrected chi connectivity index (χ2v) is 7.02. The molecular formula is C19H22O. The number of Topliss-reactive ketones (excluding diaryl/α,β-unsaturated/α-hetero) is 1. The number of carbonyl (C=O) groups is 1. The molecule has 0 amide bonds. The zero-order chi connectivity index (χ0) is 13.7. The number of rotatable bonds is 2. The first-order valence-corrected chi connectivity index (χ1v) is 8.04. The maximum atomic E-state index is 12.7. The number of ketones is 1. The molecule has 1 aromatic rings. The monoisotopic (exact) mass is 266 g/mol. The van der Waals surface area contributed by atoms with E-state index in [1.807, 2.05) is 6.07 Å². The van der Waals surface area contributed by atoms with E-state index < -0.39 is 0 Å². The van der Waals surface area contributed by atoms with Crippen LogP contribution in [0.25, 0.3) is 0 Å². The molecule has 1 saturated carbocycles. The van der Waals surface area contributed by atoms with Crippen LogP contribution in [-0.2, 0) is 12.8 Å². The Hall–Kier alpha value is -1.37. The van der Waals surface area contributed by atoms with E-state index in [4.69, 9.17) is 0 Å². The highest BCUT2D eigenvalue weighted by Gasteiger charge is 2.51. The summed E-state index contributed by atoms with van der Waals surface area (Å²) < 4.78 is 0. The smallest absolute Gasteiger partial charge is 0.163 e. The molecule has 3 unspecified atom stereocenters. The fourth-order valence-corrected chi connectivity index (χ4v) is 4.90. The van der Waals surface area contributed by atoms with E-state index in [9.17, 15) is 4.79 Å². The van der Waals surface area contributed by atoms with Gasteiger partial charge in [-0.25, -0.2) is 0 Å². The van der Waals surface area contributed by atoms with Crippen LogP contribution in [0.15, 0.2) is 30.4 Å². The van der Waals surface area contributed by atoms with Crippen molar-refractivity contribution >= 4 is 5.78 Å². The van der Waals surface area contributed by atoms with Crippen LogP contribution in [0.3, 0.4) is 0 Å². The molecule has 2 bridgehead atoms. The van der Waals surface area contributed by atoms with E-state index >= 15 is 0 Å². The average Bonchev–Trinajstić information content (AvgIpc) is 3.01. The van der Waals surface area contributed by atoms with Crippen molar-refractivity contribution in [1.82, 2.24) is 0 Å². The normalized spacial score (nSPS) is 34.0. The molecule has 3 aliphatic carbocycles. The minimum Gasteiger partial charge on any atom is -0.294 e. The zero-order valence-corrected chi connectivity index (χ0v) is 12.2.